The average Bonchev–Trinajstić information content (AvgIpc) is 2.69. The van der Waals surface area contributed by atoms with E-state index in [9.17, 15) is 0 Å². The predicted molar refractivity (Wildman–Crippen MR) is 73.9 cm³/mol. The van der Waals surface area contributed by atoms with E-state index in [-0.39, 0.29) is 5.54 Å². The molecule has 2 heterocycles. The van der Waals surface area contributed by atoms with Gasteiger partial charge in [-0.25, -0.2) is 0 Å². The number of rotatable bonds is 4. The zero-order chi connectivity index (χ0) is 12.1. The van der Waals surface area contributed by atoms with Crippen LogP contribution in [-0.4, -0.2) is 61.8 Å². The van der Waals surface area contributed by atoms with E-state index in [2.05, 4.69) is 29.3 Å². The monoisotopic (exact) mass is 257 g/mol. The molecule has 0 aromatic rings. The standard InChI is InChI=1S/C12H23N3OS/c1-15(2)7-3-6-13-11-14-12(10-17-11)4-8-16-9-5-12/h3-10H2,1-2H3,(H,13,14). The predicted octanol–water partition coefficient (Wildman–Crippen LogP) is 1.18. The Bertz CT molecular complexity index is 275. The third-order valence-electron chi connectivity index (χ3n) is 3.33. The summed E-state index contributed by atoms with van der Waals surface area (Å²) < 4.78 is 5.42. The zero-order valence-corrected chi connectivity index (χ0v) is 11.7. The Kier molecular flexibility index (Phi) is 4.70. The van der Waals surface area contributed by atoms with Gasteiger partial charge in [0.25, 0.3) is 0 Å². The maximum absolute atomic E-state index is 5.42. The number of ether oxygens (including phenoxy) is 1. The molecule has 2 aliphatic heterocycles. The summed E-state index contributed by atoms with van der Waals surface area (Å²) in [4.78, 5) is 6.85. The van der Waals surface area contributed by atoms with Crippen molar-refractivity contribution in [2.24, 2.45) is 4.99 Å². The highest BCUT2D eigenvalue weighted by molar-refractivity contribution is 8.14. The van der Waals surface area contributed by atoms with Gasteiger partial charge in [-0.3, -0.25) is 4.99 Å². The molecule has 4 nitrogen and oxygen atoms in total. The molecule has 0 aromatic heterocycles. The fourth-order valence-corrected chi connectivity index (χ4v) is 3.43. The molecule has 98 valence electrons. The number of nitrogens with one attached hydrogen (secondary N) is 1. The fourth-order valence-electron chi connectivity index (χ4n) is 2.19. The van der Waals surface area contributed by atoms with Crippen LogP contribution in [0.1, 0.15) is 19.3 Å². The Balaban J connectivity index is 1.74. The molecule has 0 unspecified atom stereocenters. The van der Waals surface area contributed by atoms with Crippen molar-refractivity contribution in [3.05, 3.63) is 0 Å². The first kappa shape index (κ1) is 13.2. The quantitative estimate of drug-likeness (QED) is 0.767. The Morgan fingerprint density at radius 1 is 1.41 bits per heavy atom. The van der Waals surface area contributed by atoms with Crippen LogP contribution in [0.4, 0.5) is 0 Å². The summed E-state index contributed by atoms with van der Waals surface area (Å²) in [5.74, 6) is 1.16. The molecule has 0 amide bonds. The van der Waals surface area contributed by atoms with Gasteiger partial charge < -0.3 is 15.0 Å². The second-order valence-electron chi connectivity index (χ2n) is 5.15. The Morgan fingerprint density at radius 3 is 2.88 bits per heavy atom. The van der Waals surface area contributed by atoms with Crippen molar-refractivity contribution in [1.29, 1.82) is 0 Å². The van der Waals surface area contributed by atoms with Gasteiger partial charge in [0, 0.05) is 25.5 Å². The first-order valence-electron chi connectivity index (χ1n) is 6.38. The van der Waals surface area contributed by atoms with E-state index in [1.54, 1.807) is 0 Å². The van der Waals surface area contributed by atoms with Crippen LogP contribution in [0.15, 0.2) is 4.99 Å². The number of aliphatic imine (C=N–C) groups is 1. The maximum Gasteiger partial charge on any atom is 0.157 e. The van der Waals surface area contributed by atoms with Crippen LogP contribution in [0.25, 0.3) is 0 Å². The lowest BCUT2D eigenvalue weighted by molar-refractivity contribution is 0.0555. The Hall–Kier alpha value is -0.260. The van der Waals surface area contributed by atoms with Gasteiger partial charge in [0.05, 0.1) is 5.54 Å². The highest BCUT2D eigenvalue weighted by Crippen LogP contribution is 2.31. The molecule has 2 saturated heterocycles. The Labute approximate surface area is 108 Å². The van der Waals surface area contributed by atoms with E-state index < -0.39 is 0 Å². The smallest absolute Gasteiger partial charge is 0.157 e. The molecule has 0 aliphatic carbocycles. The van der Waals surface area contributed by atoms with E-state index in [0.717, 1.165) is 56.5 Å². The van der Waals surface area contributed by atoms with Gasteiger partial charge in [-0.05, 0) is 39.9 Å². The number of hydrogen-bond acceptors (Lipinski definition) is 4. The minimum Gasteiger partial charge on any atom is -0.381 e. The molecule has 5 heteroatoms. The molecule has 0 atom stereocenters. The molecule has 0 aromatic carbocycles. The topological polar surface area (TPSA) is 36.9 Å². The highest BCUT2D eigenvalue weighted by Gasteiger charge is 2.38. The van der Waals surface area contributed by atoms with Crippen LogP contribution in [0.2, 0.25) is 0 Å². The third kappa shape index (κ3) is 3.86. The molecular formula is C12H23N3OS. The summed E-state index contributed by atoms with van der Waals surface area (Å²) in [6.07, 6.45) is 3.38. The molecular weight excluding hydrogens is 234 g/mol. The van der Waals surface area contributed by atoms with Crippen molar-refractivity contribution in [2.75, 3.05) is 46.2 Å². The number of amidine groups is 1. The molecule has 2 aliphatic rings. The summed E-state index contributed by atoms with van der Waals surface area (Å²) >= 11 is 1.88. The minimum absolute atomic E-state index is 0.281. The largest absolute Gasteiger partial charge is 0.381 e. The zero-order valence-electron chi connectivity index (χ0n) is 10.9. The van der Waals surface area contributed by atoms with Gasteiger partial charge in [0.1, 0.15) is 0 Å². The van der Waals surface area contributed by atoms with Crippen molar-refractivity contribution in [3.8, 4) is 0 Å². The summed E-state index contributed by atoms with van der Waals surface area (Å²) in [5, 5.41) is 4.76. The number of nitrogens with zero attached hydrogens (tertiary/aromatic N) is 2. The van der Waals surface area contributed by atoms with E-state index in [1.165, 1.54) is 0 Å². The maximum atomic E-state index is 5.42. The molecule has 0 bridgehead atoms. The van der Waals surface area contributed by atoms with Crippen LogP contribution in [-0.2, 0) is 4.74 Å². The molecule has 2 rings (SSSR count). The first-order valence-corrected chi connectivity index (χ1v) is 7.37. The van der Waals surface area contributed by atoms with Gasteiger partial charge in [0.15, 0.2) is 5.17 Å². The van der Waals surface area contributed by atoms with E-state index in [1.807, 2.05) is 11.8 Å². The van der Waals surface area contributed by atoms with Gasteiger partial charge in [-0.2, -0.15) is 0 Å². The molecule has 2 fully saturated rings. The van der Waals surface area contributed by atoms with Crippen molar-refractivity contribution in [3.63, 3.8) is 0 Å². The van der Waals surface area contributed by atoms with Crippen LogP contribution < -0.4 is 5.32 Å². The SMILES string of the molecule is CN(C)CCCN=C1NC2(CCOCC2)CS1. The summed E-state index contributed by atoms with van der Waals surface area (Å²) in [6.45, 7) is 3.82. The lowest BCUT2D eigenvalue weighted by Crippen LogP contribution is -2.48. The van der Waals surface area contributed by atoms with Gasteiger partial charge in [-0.15, -0.1) is 0 Å². The average molecular weight is 257 g/mol. The van der Waals surface area contributed by atoms with Gasteiger partial charge in [0.2, 0.25) is 0 Å². The summed E-state index contributed by atoms with van der Waals surface area (Å²) in [5.41, 5.74) is 0.281. The van der Waals surface area contributed by atoms with Crippen LogP contribution >= 0.6 is 11.8 Å². The highest BCUT2D eigenvalue weighted by atomic mass is 32.2. The normalized spacial score (nSPS) is 25.7. The van der Waals surface area contributed by atoms with Crippen molar-refractivity contribution in [2.45, 2.75) is 24.8 Å². The second kappa shape index (κ2) is 6.07. The lowest BCUT2D eigenvalue weighted by Gasteiger charge is -2.32. The summed E-state index contributed by atoms with van der Waals surface area (Å²) in [7, 11) is 4.21. The van der Waals surface area contributed by atoms with Crippen molar-refractivity contribution < 1.29 is 4.74 Å². The van der Waals surface area contributed by atoms with Gasteiger partial charge >= 0.3 is 0 Å². The Morgan fingerprint density at radius 2 is 2.18 bits per heavy atom. The van der Waals surface area contributed by atoms with Crippen LogP contribution in [0.3, 0.4) is 0 Å². The van der Waals surface area contributed by atoms with Crippen LogP contribution in [0, 0.1) is 0 Å². The van der Waals surface area contributed by atoms with E-state index in [0.29, 0.717) is 0 Å². The minimum atomic E-state index is 0.281. The fraction of sp³-hybridized carbons (Fsp3) is 0.917. The molecule has 0 radical (unpaired) electrons. The van der Waals surface area contributed by atoms with E-state index in [4.69, 9.17) is 4.74 Å². The molecule has 1 spiro atoms. The first-order chi connectivity index (χ1) is 8.20. The molecule has 1 N–H and O–H groups in total. The number of thioether (sulfide) groups is 1. The number of hydrogen-bond donors (Lipinski definition) is 1. The van der Waals surface area contributed by atoms with Crippen LogP contribution in [0.5, 0.6) is 0 Å². The summed E-state index contributed by atoms with van der Waals surface area (Å²) in [6, 6.07) is 0. The third-order valence-corrected chi connectivity index (χ3v) is 4.53. The lowest BCUT2D eigenvalue weighted by atomic mass is 9.93. The van der Waals surface area contributed by atoms with Gasteiger partial charge in [-0.1, -0.05) is 11.8 Å². The van der Waals surface area contributed by atoms with Crippen molar-refractivity contribution >= 4 is 16.9 Å². The van der Waals surface area contributed by atoms with Crippen molar-refractivity contribution in [1.82, 2.24) is 10.2 Å². The molecule has 17 heavy (non-hydrogen) atoms. The second-order valence-corrected chi connectivity index (χ2v) is 6.11. The van der Waals surface area contributed by atoms with E-state index >= 15 is 0 Å². The molecule has 0 saturated carbocycles.